The minimum absolute atomic E-state index is 0.546. The Labute approximate surface area is 109 Å². The number of nitrogen functional groups attached to an aromatic ring is 1. The van der Waals surface area contributed by atoms with Gasteiger partial charge in [0.15, 0.2) is 0 Å². The van der Waals surface area contributed by atoms with E-state index >= 15 is 0 Å². The summed E-state index contributed by atoms with van der Waals surface area (Å²) in [5, 5.41) is 4.24. The lowest BCUT2D eigenvalue weighted by Crippen LogP contribution is -2.27. The van der Waals surface area contributed by atoms with Gasteiger partial charge in [-0.1, -0.05) is 25.4 Å². The zero-order valence-electron chi connectivity index (χ0n) is 10.6. The van der Waals surface area contributed by atoms with Gasteiger partial charge in [0.1, 0.15) is 0 Å². The standard InChI is InChI=1S/C14H21ClN2/c1-10(2)14(3-4-14)9-17-8-11-5-12(15)7-13(16)6-11/h5-7,10,17H,3-4,8-9,16H2,1-2H3. The first-order chi connectivity index (χ1) is 8.02. The third-order valence-corrected chi connectivity index (χ3v) is 4.12. The number of nitrogens with one attached hydrogen (secondary N) is 1. The van der Waals surface area contributed by atoms with Gasteiger partial charge in [-0.05, 0) is 47.9 Å². The maximum absolute atomic E-state index is 5.97. The predicted octanol–water partition coefficient (Wildman–Crippen LogP) is 3.45. The lowest BCUT2D eigenvalue weighted by atomic mass is 9.92. The molecule has 1 aromatic rings. The average molecular weight is 253 g/mol. The van der Waals surface area contributed by atoms with Gasteiger partial charge in [-0.3, -0.25) is 0 Å². The summed E-state index contributed by atoms with van der Waals surface area (Å²) in [7, 11) is 0. The number of anilines is 1. The second kappa shape index (κ2) is 4.87. The zero-order valence-corrected chi connectivity index (χ0v) is 11.3. The Morgan fingerprint density at radius 2 is 2.06 bits per heavy atom. The smallest absolute Gasteiger partial charge is 0.0429 e. The van der Waals surface area contributed by atoms with Crippen LogP contribution in [0.2, 0.25) is 5.02 Å². The van der Waals surface area contributed by atoms with Crippen LogP contribution >= 0.6 is 11.6 Å². The third-order valence-electron chi connectivity index (χ3n) is 3.90. The first kappa shape index (κ1) is 12.7. The highest BCUT2D eigenvalue weighted by atomic mass is 35.5. The molecule has 0 aliphatic heterocycles. The Morgan fingerprint density at radius 1 is 1.35 bits per heavy atom. The van der Waals surface area contributed by atoms with Crippen LogP contribution in [0.25, 0.3) is 0 Å². The minimum Gasteiger partial charge on any atom is -0.399 e. The van der Waals surface area contributed by atoms with Gasteiger partial charge in [0.25, 0.3) is 0 Å². The molecule has 2 rings (SSSR count). The first-order valence-electron chi connectivity index (χ1n) is 6.27. The SMILES string of the molecule is CC(C)C1(CNCc2cc(N)cc(Cl)c2)CC1. The number of halogens is 1. The summed E-state index contributed by atoms with van der Waals surface area (Å²) in [4.78, 5) is 0. The highest BCUT2D eigenvalue weighted by molar-refractivity contribution is 6.30. The van der Waals surface area contributed by atoms with Gasteiger partial charge in [0.05, 0.1) is 0 Å². The molecule has 1 saturated carbocycles. The number of benzene rings is 1. The summed E-state index contributed by atoms with van der Waals surface area (Å²) in [5.74, 6) is 0.763. The van der Waals surface area contributed by atoms with Crippen LogP contribution in [0.5, 0.6) is 0 Å². The molecule has 0 aromatic heterocycles. The van der Waals surface area contributed by atoms with Crippen molar-refractivity contribution in [3.63, 3.8) is 0 Å². The molecular weight excluding hydrogens is 232 g/mol. The molecule has 0 saturated heterocycles. The van der Waals surface area contributed by atoms with Crippen molar-refractivity contribution in [2.75, 3.05) is 12.3 Å². The summed E-state index contributed by atoms with van der Waals surface area (Å²) < 4.78 is 0. The summed E-state index contributed by atoms with van der Waals surface area (Å²) in [5.41, 5.74) is 8.21. The van der Waals surface area contributed by atoms with Crippen molar-refractivity contribution in [2.24, 2.45) is 11.3 Å². The molecule has 0 heterocycles. The van der Waals surface area contributed by atoms with E-state index in [0.29, 0.717) is 10.4 Å². The van der Waals surface area contributed by atoms with Crippen LogP contribution < -0.4 is 11.1 Å². The number of hydrogen-bond acceptors (Lipinski definition) is 2. The molecule has 0 unspecified atom stereocenters. The lowest BCUT2D eigenvalue weighted by Gasteiger charge is -2.20. The van der Waals surface area contributed by atoms with Crippen molar-refractivity contribution >= 4 is 17.3 Å². The van der Waals surface area contributed by atoms with Gasteiger partial charge in [0.2, 0.25) is 0 Å². The Kier molecular flexibility index (Phi) is 3.64. The van der Waals surface area contributed by atoms with Crippen molar-refractivity contribution in [1.82, 2.24) is 5.32 Å². The molecule has 94 valence electrons. The second-order valence-corrected chi connectivity index (χ2v) is 5.95. The van der Waals surface area contributed by atoms with Crippen molar-refractivity contribution in [3.05, 3.63) is 28.8 Å². The van der Waals surface area contributed by atoms with Crippen LogP contribution in [-0.4, -0.2) is 6.54 Å². The molecule has 0 spiro atoms. The lowest BCUT2D eigenvalue weighted by molar-refractivity contribution is 0.338. The van der Waals surface area contributed by atoms with E-state index in [9.17, 15) is 0 Å². The van der Waals surface area contributed by atoms with Crippen LogP contribution in [0, 0.1) is 11.3 Å². The molecule has 1 aliphatic carbocycles. The van der Waals surface area contributed by atoms with Gasteiger partial charge in [-0.2, -0.15) is 0 Å². The Morgan fingerprint density at radius 3 is 2.59 bits per heavy atom. The van der Waals surface area contributed by atoms with E-state index in [1.807, 2.05) is 12.1 Å². The van der Waals surface area contributed by atoms with Crippen molar-refractivity contribution in [3.8, 4) is 0 Å². The fourth-order valence-corrected chi connectivity index (χ4v) is 2.62. The largest absolute Gasteiger partial charge is 0.399 e. The third kappa shape index (κ3) is 3.14. The van der Waals surface area contributed by atoms with Crippen molar-refractivity contribution in [2.45, 2.75) is 33.2 Å². The van der Waals surface area contributed by atoms with Crippen LogP contribution in [0.3, 0.4) is 0 Å². The van der Waals surface area contributed by atoms with E-state index in [1.54, 1.807) is 6.07 Å². The Balaban J connectivity index is 1.86. The number of nitrogens with two attached hydrogens (primary N) is 1. The number of rotatable bonds is 5. The monoisotopic (exact) mass is 252 g/mol. The molecule has 1 aliphatic rings. The average Bonchev–Trinajstić information content (AvgIpc) is 2.97. The quantitative estimate of drug-likeness (QED) is 0.788. The van der Waals surface area contributed by atoms with Crippen LogP contribution in [0.15, 0.2) is 18.2 Å². The molecule has 17 heavy (non-hydrogen) atoms. The van der Waals surface area contributed by atoms with Crippen LogP contribution in [-0.2, 0) is 6.54 Å². The molecule has 0 radical (unpaired) electrons. The fraction of sp³-hybridized carbons (Fsp3) is 0.571. The van der Waals surface area contributed by atoms with E-state index in [-0.39, 0.29) is 0 Å². The van der Waals surface area contributed by atoms with Gasteiger partial charge in [-0.25, -0.2) is 0 Å². The van der Waals surface area contributed by atoms with Crippen molar-refractivity contribution < 1.29 is 0 Å². The fourth-order valence-electron chi connectivity index (χ4n) is 2.35. The summed E-state index contributed by atoms with van der Waals surface area (Å²) in [6, 6.07) is 5.73. The van der Waals surface area contributed by atoms with Gasteiger partial charge < -0.3 is 11.1 Å². The maximum Gasteiger partial charge on any atom is 0.0429 e. The molecule has 3 N–H and O–H groups in total. The second-order valence-electron chi connectivity index (χ2n) is 5.51. The normalized spacial score (nSPS) is 17.4. The van der Waals surface area contributed by atoms with E-state index in [0.717, 1.165) is 30.3 Å². The molecule has 0 atom stereocenters. The first-order valence-corrected chi connectivity index (χ1v) is 6.65. The number of hydrogen-bond donors (Lipinski definition) is 2. The molecule has 0 bridgehead atoms. The predicted molar refractivity (Wildman–Crippen MR) is 74.1 cm³/mol. The van der Waals surface area contributed by atoms with E-state index in [1.165, 1.54) is 12.8 Å². The van der Waals surface area contributed by atoms with E-state index in [2.05, 4.69) is 19.2 Å². The highest BCUT2D eigenvalue weighted by Crippen LogP contribution is 2.51. The summed E-state index contributed by atoms with van der Waals surface area (Å²) in [6.07, 6.45) is 2.71. The maximum atomic E-state index is 5.97. The molecule has 1 fully saturated rings. The molecular formula is C14H21ClN2. The minimum atomic E-state index is 0.546. The summed E-state index contributed by atoms with van der Waals surface area (Å²) in [6.45, 7) is 6.56. The molecule has 0 amide bonds. The van der Waals surface area contributed by atoms with E-state index < -0.39 is 0 Å². The van der Waals surface area contributed by atoms with E-state index in [4.69, 9.17) is 17.3 Å². The Hall–Kier alpha value is -0.730. The van der Waals surface area contributed by atoms with Gasteiger partial charge in [-0.15, -0.1) is 0 Å². The van der Waals surface area contributed by atoms with Crippen molar-refractivity contribution in [1.29, 1.82) is 0 Å². The van der Waals surface area contributed by atoms with Crippen LogP contribution in [0.1, 0.15) is 32.3 Å². The van der Waals surface area contributed by atoms with Gasteiger partial charge >= 0.3 is 0 Å². The highest BCUT2D eigenvalue weighted by Gasteiger charge is 2.44. The van der Waals surface area contributed by atoms with Crippen LogP contribution in [0.4, 0.5) is 5.69 Å². The molecule has 3 heteroatoms. The topological polar surface area (TPSA) is 38.0 Å². The Bertz CT molecular complexity index is 377. The summed E-state index contributed by atoms with van der Waals surface area (Å²) >= 11 is 5.97. The molecule has 1 aromatic carbocycles. The zero-order chi connectivity index (χ0) is 12.5. The van der Waals surface area contributed by atoms with Gasteiger partial charge in [0, 0.05) is 23.8 Å². The molecule has 2 nitrogen and oxygen atoms in total.